The Morgan fingerprint density at radius 3 is 2.85 bits per heavy atom. The van der Waals surface area contributed by atoms with Gasteiger partial charge in [-0.3, -0.25) is 9.59 Å². The highest BCUT2D eigenvalue weighted by Gasteiger charge is 2.09. The predicted molar refractivity (Wildman–Crippen MR) is 101 cm³/mol. The van der Waals surface area contributed by atoms with Crippen LogP contribution >= 0.6 is 0 Å². The number of rotatable bonds is 6. The number of amides is 1. The van der Waals surface area contributed by atoms with E-state index in [1.54, 1.807) is 32.4 Å². The quantitative estimate of drug-likeness (QED) is 0.692. The van der Waals surface area contributed by atoms with Crippen LogP contribution in [0.1, 0.15) is 22.3 Å². The smallest absolute Gasteiger partial charge is 0.260 e. The zero-order valence-corrected chi connectivity index (χ0v) is 14.9. The summed E-state index contributed by atoms with van der Waals surface area (Å²) in [6, 6.07) is 12.8. The van der Waals surface area contributed by atoms with Crippen LogP contribution in [0.5, 0.6) is 5.75 Å². The fourth-order valence-corrected chi connectivity index (χ4v) is 2.84. The van der Waals surface area contributed by atoms with Gasteiger partial charge in [0.05, 0.1) is 24.3 Å². The van der Waals surface area contributed by atoms with Gasteiger partial charge in [-0.2, -0.15) is 0 Å². The largest absolute Gasteiger partial charge is 0.496 e. The van der Waals surface area contributed by atoms with Crippen LogP contribution in [0.25, 0.3) is 10.9 Å². The molecule has 1 aromatic heterocycles. The summed E-state index contributed by atoms with van der Waals surface area (Å²) in [6.45, 7) is 0.554. The van der Waals surface area contributed by atoms with Gasteiger partial charge in [-0.15, -0.1) is 0 Å². The minimum absolute atomic E-state index is 0.126. The molecule has 3 aromatic rings. The number of hydrogen-bond acceptors (Lipinski definition) is 4. The molecule has 0 saturated carbocycles. The first-order valence-corrected chi connectivity index (χ1v) is 8.45. The van der Waals surface area contributed by atoms with Crippen molar-refractivity contribution < 1.29 is 9.53 Å². The Morgan fingerprint density at radius 1 is 1.23 bits per heavy atom. The Kier molecular flexibility index (Phi) is 5.31. The molecule has 26 heavy (non-hydrogen) atoms. The standard InChI is InChI=1S/C20H21N3O3/c1-23-13-22-17-12-15(9-10-16(17)20(23)25)19(24)21-11-5-7-14-6-3-4-8-18(14)26-2/h3-4,6,8-10,12-13H,5,7,11H2,1-2H3,(H,21,24). The van der Waals surface area contributed by atoms with E-state index in [1.807, 2.05) is 24.3 Å². The van der Waals surface area contributed by atoms with Gasteiger partial charge in [0.25, 0.3) is 11.5 Å². The Balaban J connectivity index is 1.61. The van der Waals surface area contributed by atoms with Crippen LogP contribution in [0, 0.1) is 0 Å². The van der Waals surface area contributed by atoms with Crippen LogP contribution in [0.2, 0.25) is 0 Å². The maximum absolute atomic E-state index is 12.3. The summed E-state index contributed by atoms with van der Waals surface area (Å²) in [6.07, 6.45) is 3.08. The Morgan fingerprint density at radius 2 is 2.04 bits per heavy atom. The van der Waals surface area contributed by atoms with Crippen molar-refractivity contribution in [2.24, 2.45) is 7.05 Å². The molecule has 0 radical (unpaired) electrons. The molecule has 6 nitrogen and oxygen atoms in total. The molecule has 0 unspecified atom stereocenters. The molecule has 0 saturated heterocycles. The van der Waals surface area contributed by atoms with Gasteiger partial charge < -0.3 is 14.6 Å². The summed E-state index contributed by atoms with van der Waals surface area (Å²) in [5.41, 5.74) is 2.01. The number of para-hydroxylation sites is 1. The Hall–Kier alpha value is -3.15. The summed E-state index contributed by atoms with van der Waals surface area (Å²) in [7, 11) is 3.30. The highest BCUT2D eigenvalue weighted by Crippen LogP contribution is 2.18. The lowest BCUT2D eigenvalue weighted by atomic mass is 10.1. The maximum atomic E-state index is 12.3. The molecule has 0 aliphatic rings. The van der Waals surface area contributed by atoms with E-state index in [4.69, 9.17) is 4.74 Å². The number of aromatic nitrogens is 2. The second-order valence-corrected chi connectivity index (χ2v) is 6.06. The van der Waals surface area contributed by atoms with E-state index < -0.39 is 0 Å². The normalized spacial score (nSPS) is 10.7. The van der Waals surface area contributed by atoms with E-state index >= 15 is 0 Å². The van der Waals surface area contributed by atoms with Gasteiger partial charge in [-0.05, 0) is 42.7 Å². The summed E-state index contributed by atoms with van der Waals surface area (Å²) in [5, 5.41) is 3.41. The zero-order chi connectivity index (χ0) is 18.5. The monoisotopic (exact) mass is 351 g/mol. The van der Waals surface area contributed by atoms with Crippen LogP contribution in [0.4, 0.5) is 0 Å². The van der Waals surface area contributed by atoms with E-state index in [0.29, 0.717) is 23.0 Å². The number of methoxy groups -OCH3 is 1. The van der Waals surface area contributed by atoms with Gasteiger partial charge in [0.2, 0.25) is 0 Å². The molecule has 3 rings (SSSR count). The third kappa shape index (κ3) is 3.74. The van der Waals surface area contributed by atoms with Crippen molar-refractivity contribution >= 4 is 16.8 Å². The topological polar surface area (TPSA) is 73.2 Å². The van der Waals surface area contributed by atoms with E-state index in [9.17, 15) is 9.59 Å². The van der Waals surface area contributed by atoms with Crippen molar-refractivity contribution in [2.45, 2.75) is 12.8 Å². The van der Waals surface area contributed by atoms with Crippen molar-refractivity contribution in [1.82, 2.24) is 14.9 Å². The zero-order valence-electron chi connectivity index (χ0n) is 14.9. The molecule has 1 N–H and O–H groups in total. The molecule has 0 aliphatic heterocycles. The first kappa shape index (κ1) is 17.7. The second kappa shape index (κ2) is 7.82. The molecule has 1 heterocycles. The van der Waals surface area contributed by atoms with Crippen molar-refractivity contribution in [3.8, 4) is 5.75 Å². The van der Waals surface area contributed by atoms with E-state index in [-0.39, 0.29) is 11.5 Å². The van der Waals surface area contributed by atoms with Gasteiger partial charge >= 0.3 is 0 Å². The number of carbonyl (C=O) groups excluding carboxylic acids is 1. The van der Waals surface area contributed by atoms with Crippen molar-refractivity contribution in [3.05, 3.63) is 70.3 Å². The van der Waals surface area contributed by atoms with Crippen molar-refractivity contribution in [1.29, 1.82) is 0 Å². The van der Waals surface area contributed by atoms with Crippen molar-refractivity contribution in [2.75, 3.05) is 13.7 Å². The van der Waals surface area contributed by atoms with Crippen molar-refractivity contribution in [3.63, 3.8) is 0 Å². The average molecular weight is 351 g/mol. The third-order valence-electron chi connectivity index (χ3n) is 4.28. The highest BCUT2D eigenvalue weighted by atomic mass is 16.5. The molecular weight excluding hydrogens is 330 g/mol. The molecular formula is C20H21N3O3. The summed E-state index contributed by atoms with van der Waals surface area (Å²) < 4.78 is 6.75. The number of hydrogen-bond donors (Lipinski definition) is 1. The van der Waals surface area contributed by atoms with Crippen LogP contribution in [-0.4, -0.2) is 29.1 Å². The van der Waals surface area contributed by atoms with Gasteiger partial charge in [0.1, 0.15) is 5.75 Å². The highest BCUT2D eigenvalue weighted by molar-refractivity contribution is 5.97. The Labute approximate surface area is 151 Å². The van der Waals surface area contributed by atoms with E-state index in [2.05, 4.69) is 10.3 Å². The lowest BCUT2D eigenvalue weighted by Crippen LogP contribution is -2.25. The number of carbonyl (C=O) groups is 1. The summed E-state index contributed by atoms with van der Waals surface area (Å²) in [5.74, 6) is 0.690. The van der Waals surface area contributed by atoms with Gasteiger partial charge in [-0.25, -0.2) is 4.98 Å². The second-order valence-electron chi connectivity index (χ2n) is 6.06. The average Bonchev–Trinajstić information content (AvgIpc) is 2.68. The lowest BCUT2D eigenvalue weighted by molar-refractivity contribution is 0.0953. The summed E-state index contributed by atoms with van der Waals surface area (Å²) in [4.78, 5) is 28.6. The number of aryl methyl sites for hydroxylation is 2. The number of fused-ring (bicyclic) bond motifs is 1. The summed E-state index contributed by atoms with van der Waals surface area (Å²) >= 11 is 0. The molecule has 0 atom stereocenters. The molecule has 2 aromatic carbocycles. The minimum atomic E-state index is -0.172. The maximum Gasteiger partial charge on any atom is 0.260 e. The van der Waals surface area contributed by atoms with E-state index in [0.717, 1.165) is 24.2 Å². The SMILES string of the molecule is COc1ccccc1CCCNC(=O)c1ccc2c(=O)n(C)cnc2c1. The van der Waals surface area contributed by atoms with Crippen LogP contribution in [-0.2, 0) is 13.5 Å². The molecule has 6 heteroatoms. The molecule has 0 aliphatic carbocycles. The van der Waals surface area contributed by atoms with Gasteiger partial charge in [0.15, 0.2) is 0 Å². The number of benzene rings is 2. The molecule has 0 spiro atoms. The fourth-order valence-electron chi connectivity index (χ4n) is 2.84. The van der Waals surface area contributed by atoms with Crippen LogP contribution < -0.4 is 15.6 Å². The van der Waals surface area contributed by atoms with Crippen LogP contribution in [0.15, 0.2) is 53.6 Å². The number of nitrogens with zero attached hydrogens (tertiary/aromatic N) is 2. The molecule has 0 bridgehead atoms. The number of ether oxygens (including phenoxy) is 1. The number of nitrogens with one attached hydrogen (secondary N) is 1. The van der Waals surface area contributed by atoms with Gasteiger partial charge in [0, 0.05) is 19.2 Å². The lowest BCUT2D eigenvalue weighted by Gasteiger charge is -2.09. The minimum Gasteiger partial charge on any atom is -0.496 e. The Bertz CT molecular complexity index is 995. The predicted octanol–water partition coefficient (Wildman–Crippen LogP) is 2.30. The first-order valence-electron chi connectivity index (χ1n) is 8.45. The molecule has 1 amide bonds. The first-order chi connectivity index (χ1) is 12.6. The van der Waals surface area contributed by atoms with E-state index in [1.165, 1.54) is 10.9 Å². The van der Waals surface area contributed by atoms with Gasteiger partial charge in [-0.1, -0.05) is 18.2 Å². The molecule has 134 valence electrons. The molecule has 0 fully saturated rings. The third-order valence-corrected chi connectivity index (χ3v) is 4.28. The fraction of sp³-hybridized carbons (Fsp3) is 0.250. The van der Waals surface area contributed by atoms with Crippen LogP contribution in [0.3, 0.4) is 0 Å².